The van der Waals surface area contributed by atoms with Gasteiger partial charge in [-0.2, -0.15) is 0 Å². The molecule has 3 N–H and O–H groups in total. The zero-order chi connectivity index (χ0) is 13.5. The van der Waals surface area contributed by atoms with Crippen LogP contribution in [0.4, 0.5) is 5.69 Å². The third kappa shape index (κ3) is 3.99. The minimum absolute atomic E-state index is 0.257. The van der Waals surface area contributed by atoms with E-state index < -0.39 is 0 Å². The zero-order valence-corrected chi connectivity index (χ0v) is 11.4. The highest BCUT2D eigenvalue weighted by Crippen LogP contribution is 2.19. The number of hydrogen-bond acceptors (Lipinski definition) is 4. The minimum Gasteiger partial charge on any atom is -0.409 e. The molecule has 0 aliphatic rings. The van der Waals surface area contributed by atoms with E-state index in [1.165, 1.54) is 4.88 Å². The maximum Gasteiger partial charge on any atom is 0.140 e. The molecule has 19 heavy (non-hydrogen) atoms. The van der Waals surface area contributed by atoms with Crippen LogP contribution in [-0.2, 0) is 6.54 Å². The van der Waals surface area contributed by atoms with Gasteiger partial charge in [0.1, 0.15) is 5.84 Å². The fraction of sp³-hybridized carbons (Fsp3) is 0.214. The largest absolute Gasteiger partial charge is 0.409 e. The third-order valence-electron chi connectivity index (χ3n) is 2.81. The lowest BCUT2D eigenvalue weighted by Crippen LogP contribution is -2.27. The Morgan fingerprint density at radius 2 is 2.00 bits per heavy atom. The molecule has 0 saturated carbocycles. The molecule has 0 unspecified atom stereocenters. The molecule has 0 amide bonds. The van der Waals surface area contributed by atoms with Crippen LogP contribution in [-0.4, -0.2) is 17.6 Å². The molecule has 4 nitrogen and oxygen atoms in total. The standard InChI is InChI=1S/C14H17N3OS/c15-14(16-18)8-9-17(11-13-7-4-10-19-13)12-5-2-1-3-6-12/h1-7,10,18H,8-9,11H2,(H2,15,16). The van der Waals surface area contributed by atoms with Gasteiger partial charge in [-0.1, -0.05) is 29.4 Å². The Bertz CT molecular complexity index is 511. The first-order valence-corrected chi connectivity index (χ1v) is 6.96. The highest BCUT2D eigenvalue weighted by molar-refractivity contribution is 7.09. The van der Waals surface area contributed by atoms with Crippen molar-refractivity contribution in [2.24, 2.45) is 10.9 Å². The van der Waals surface area contributed by atoms with Crippen LogP contribution < -0.4 is 10.6 Å². The summed E-state index contributed by atoms with van der Waals surface area (Å²) in [5.74, 6) is 0.257. The van der Waals surface area contributed by atoms with E-state index in [9.17, 15) is 0 Å². The summed E-state index contributed by atoms with van der Waals surface area (Å²) < 4.78 is 0. The molecule has 0 spiro atoms. The summed E-state index contributed by atoms with van der Waals surface area (Å²) in [7, 11) is 0. The average molecular weight is 275 g/mol. The van der Waals surface area contributed by atoms with E-state index in [2.05, 4.69) is 33.6 Å². The van der Waals surface area contributed by atoms with Gasteiger partial charge in [0.15, 0.2) is 0 Å². The van der Waals surface area contributed by atoms with Crippen LogP contribution in [0.2, 0.25) is 0 Å². The van der Waals surface area contributed by atoms with E-state index in [1.54, 1.807) is 11.3 Å². The van der Waals surface area contributed by atoms with Crippen LogP contribution in [0.5, 0.6) is 0 Å². The summed E-state index contributed by atoms with van der Waals surface area (Å²) in [6, 6.07) is 14.3. The fourth-order valence-corrected chi connectivity index (χ4v) is 2.55. The van der Waals surface area contributed by atoms with Crippen LogP contribution in [0.1, 0.15) is 11.3 Å². The lowest BCUT2D eigenvalue weighted by atomic mass is 10.2. The molecule has 5 heteroatoms. The number of thiophene rings is 1. The van der Waals surface area contributed by atoms with Gasteiger partial charge >= 0.3 is 0 Å². The number of oxime groups is 1. The molecular formula is C14H17N3OS. The zero-order valence-electron chi connectivity index (χ0n) is 10.6. The summed E-state index contributed by atoms with van der Waals surface area (Å²) in [5, 5.41) is 13.7. The second-order valence-corrected chi connectivity index (χ2v) is 5.21. The second kappa shape index (κ2) is 6.80. The van der Waals surface area contributed by atoms with Gasteiger partial charge in [0, 0.05) is 23.5 Å². The van der Waals surface area contributed by atoms with Crippen molar-refractivity contribution in [3.05, 3.63) is 52.7 Å². The van der Waals surface area contributed by atoms with Crippen molar-refractivity contribution < 1.29 is 5.21 Å². The Balaban J connectivity index is 2.09. The molecule has 0 saturated heterocycles. The van der Waals surface area contributed by atoms with E-state index in [1.807, 2.05) is 24.3 Å². The molecule has 100 valence electrons. The normalized spacial score (nSPS) is 11.5. The SMILES string of the molecule is N/C(CCN(Cc1cccs1)c1ccccc1)=N\O. The van der Waals surface area contributed by atoms with Crippen LogP contribution in [0.25, 0.3) is 0 Å². The maximum absolute atomic E-state index is 8.62. The molecule has 0 fully saturated rings. The van der Waals surface area contributed by atoms with Crippen molar-refractivity contribution in [2.75, 3.05) is 11.4 Å². The quantitative estimate of drug-likeness (QED) is 0.369. The van der Waals surface area contributed by atoms with Gasteiger partial charge in [-0.15, -0.1) is 11.3 Å². The van der Waals surface area contributed by atoms with E-state index in [4.69, 9.17) is 10.9 Å². The van der Waals surface area contributed by atoms with Crippen molar-refractivity contribution in [2.45, 2.75) is 13.0 Å². The van der Waals surface area contributed by atoms with Gasteiger partial charge in [-0.05, 0) is 23.6 Å². The van der Waals surface area contributed by atoms with Crippen molar-refractivity contribution in [3.8, 4) is 0 Å². The minimum atomic E-state index is 0.257. The highest BCUT2D eigenvalue weighted by atomic mass is 32.1. The maximum atomic E-state index is 8.62. The van der Waals surface area contributed by atoms with E-state index >= 15 is 0 Å². The number of para-hydroxylation sites is 1. The number of benzene rings is 1. The molecule has 1 heterocycles. The van der Waals surface area contributed by atoms with Gasteiger partial charge in [-0.3, -0.25) is 0 Å². The first-order chi connectivity index (χ1) is 9.29. The molecule has 0 bridgehead atoms. The number of amidine groups is 1. The van der Waals surface area contributed by atoms with Gasteiger partial charge in [0.05, 0.1) is 6.54 Å². The predicted octanol–water partition coefficient (Wildman–Crippen LogP) is 2.89. The number of nitrogens with two attached hydrogens (primary N) is 1. The Morgan fingerprint density at radius 3 is 2.63 bits per heavy atom. The number of nitrogens with zero attached hydrogens (tertiary/aromatic N) is 2. The van der Waals surface area contributed by atoms with Crippen molar-refractivity contribution in [1.29, 1.82) is 0 Å². The molecule has 1 aromatic carbocycles. The lowest BCUT2D eigenvalue weighted by Gasteiger charge is -2.24. The Morgan fingerprint density at radius 1 is 1.21 bits per heavy atom. The van der Waals surface area contributed by atoms with Crippen LogP contribution in [0, 0.1) is 0 Å². The van der Waals surface area contributed by atoms with Crippen LogP contribution in [0.15, 0.2) is 53.0 Å². The monoisotopic (exact) mass is 275 g/mol. The van der Waals surface area contributed by atoms with Crippen LogP contribution >= 0.6 is 11.3 Å². The summed E-state index contributed by atoms with van der Waals surface area (Å²) in [5.41, 5.74) is 6.69. The Labute approximate surface area is 116 Å². The summed E-state index contributed by atoms with van der Waals surface area (Å²) in [4.78, 5) is 3.52. The first kappa shape index (κ1) is 13.4. The van der Waals surface area contributed by atoms with E-state index in [0.29, 0.717) is 6.42 Å². The van der Waals surface area contributed by atoms with Crippen molar-refractivity contribution in [3.63, 3.8) is 0 Å². The summed E-state index contributed by atoms with van der Waals surface area (Å²) in [6.07, 6.45) is 0.538. The molecule has 2 aromatic rings. The molecular weight excluding hydrogens is 258 g/mol. The highest BCUT2D eigenvalue weighted by Gasteiger charge is 2.08. The fourth-order valence-electron chi connectivity index (χ4n) is 1.83. The van der Waals surface area contributed by atoms with Gasteiger partial charge in [0.2, 0.25) is 0 Å². The molecule has 2 rings (SSSR count). The van der Waals surface area contributed by atoms with Gasteiger partial charge in [0.25, 0.3) is 0 Å². The molecule has 1 aromatic heterocycles. The summed E-state index contributed by atoms with van der Waals surface area (Å²) in [6.45, 7) is 1.55. The van der Waals surface area contributed by atoms with Crippen molar-refractivity contribution >= 4 is 22.9 Å². The van der Waals surface area contributed by atoms with Crippen molar-refractivity contribution in [1.82, 2.24) is 0 Å². The third-order valence-corrected chi connectivity index (χ3v) is 3.68. The molecule has 0 atom stereocenters. The molecule has 0 aliphatic carbocycles. The topological polar surface area (TPSA) is 61.8 Å². The predicted molar refractivity (Wildman–Crippen MR) is 79.8 cm³/mol. The molecule has 0 radical (unpaired) electrons. The Kier molecular flexibility index (Phi) is 4.80. The average Bonchev–Trinajstić information content (AvgIpc) is 2.97. The smallest absolute Gasteiger partial charge is 0.140 e. The number of anilines is 1. The van der Waals surface area contributed by atoms with E-state index in [-0.39, 0.29) is 5.84 Å². The number of hydrogen-bond donors (Lipinski definition) is 2. The van der Waals surface area contributed by atoms with Gasteiger partial charge in [-0.25, -0.2) is 0 Å². The van der Waals surface area contributed by atoms with Gasteiger partial charge < -0.3 is 15.8 Å². The van der Waals surface area contributed by atoms with Crippen LogP contribution in [0.3, 0.4) is 0 Å². The van der Waals surface area contributed by atoms with E-state index in [0.717, 1.165) is 18.8 Å². The summed E-state index contributed by atoms with van der Waals surface area (Å²) >= 11 is 1.73. The lowest BCUT2D eigenvalue weighted by molar-refractivity contribution is 0.317. The molecule has 0 aliphatic heterocycles. The second-order valence-electron chi connectivity index (χ2n) is 4.18. The Hall–Kier alpha value is -2.01. The first-order valence-electron chi connectivity index (χ1n) is 6.08. The number of rotatable bonds is 6.